The molecule has 0 saturated carbocycles. The van der Waals surface area contributed by atoms with Crippen molar-refractivity contribution in [3.8, 4) is 0 Å². The highest BCUT2D eigenvalue weighted by Gasteiger charge is 2.24. The highest BCUT2D eigenvalue weighted by molar-refractivity contribution is 8.13. The molecule has 1 aromatic carbocycles. The normalized spacial score (nSPS) is 11.2. The minimum atomic E-state index is -0.690. The van der Waals surface area contributed by atoms with Gasteiger partial charge in [-0.3, -0.25) is 4.79 Å². The Morgan fingerprint density at radius 3 is 2.38 bits per heavy atom. The van der Waals surface area contributed by atoms with E-state index in [1.54, 1.807) is 33.0 Å². The molecule has 0 aliphatic carbocycles. The van der Waals surface area contributed by atoms with Crippen LogP contribution in [0.15, 0.2) is 42.6 Å². The number of hydrogen-bond acceptors (Lipinski definition) is 6. The van der Waals surface area contributed by atoms with Gasteiger partial charge in [0.1, 0.15) is 17.9 Å². The number of hydrogen-bond donors (Lipinski definition) is 0. The van der Waals surface area contributed by atoms with E-state index in [1.165, 1.54) is 23.3 Å². The van der Waals surface area contributed by atoms with E-state index in [-0.39, 0.29) is 17.4 Å². The molecule has 0 N–H and O–H groups in total. The number of benzene rings is 1. The van der Waals surface area contributed by atoms with Crippen LogP contribution in [0.5, 0.6) is 0 Å². The van der Waals surface area contributed by atoms with Gasteiger partial charge < -0.3 is 9.47 Å². The second-order valence-electron chi connectivity index (χ2n) is 7.59. The van der Waals surface area contributed by atoms with Gasteiger partial charge >= 0.3 is 12.1 Å². The number of aromatic nitrogens is 1. The number of ether oxygens (including phenoxy) is 2. The number of carbonyl (C=O) groups is 3. The molecule has 1 aromatic heterocycles. The zero-order valence-corrected chi connectivity index (χ0v) is 18.1. The van der Waals surface area contributed by atoms with Gasteiger partial charge in [-0.2, -0.15) is 0 Å². The number of aryl methyl sites for hydroxylation is 1. The molecule has 7 heteroatoms. The van der Waals surface area contributed by atoms with Crippen LogP contribution >= 0.6 is 11.8 Å². The third kappa shape index (κ3) is 7.77. The van der Waals surface area contributed by atoms with E-state index in [2.05, 4.69) is 0 Å². The summed E-state index contributed by atoms with van der Waals surface area (Å²) in [5.74, 6) is 0.0878. The van der Waals surface area contributed by atoms with E-state index in [4.69, 9.17) is 9.47 Å². The lowest BCUT2D eigenvalue weighted by atomic mass is 10.2. The van der Waals surface area contributed by atoms with Gasteiger partial charge in [0.15, 0.2) is 5.12 Å². The van der Waals surface area contributed by atoms with Gasteiger partial charge in [0.05, 0.1) is 0 Å². The van der Waals surface area contributed by atoms with Gasteiger partial charge in [0.2, 0.25) is 0 Å². The molecule has 0 radical (unpaired) electrons. The Balaban J connectivity index is 2.14. The minimum absolute atomic E-state index is 0.0708. The third-order valence-electron chi connectivity index (χ3n) is 3.80. The Morgan fingerprint density at radius 2 is 1.76 bits per heavy atom. The van der Waals surface area contributed by atoms with Crippen LogP contribution in [0.1, 0.15) is 55.7 Å². The van der Waals surface area contributed by atoms with Gasteiger partial charge in [-0.15, -0.1) is 0 Å². The first-order chi connectivity index (χ1) is 13.7. The molecule has 2 rings (SSSR count). The summed E-state index contributed by atoms with van der Waals surface area (Å²) in [6, 6.07) is 11.0. The molecule has 1 heterocycles. The molecule has 0 amide bonds. The second-order valence-corrected chi connectivity index (χ2v) is 8.86. The van der Waals surface area contributed by atoms with Crippen molar-refractivity contribution in [2.24, 2.45) is 0 Å². The van der Waals surface area contributed by atoms with Crippen molar-refractivity contribution in [3.05, 3.63) is 59.4 Å². The van der Waals surface area contributed by atoms with Crippen LogP contribution < -0.4 is 0 Å². The quantitative estimate of drug-likeness (QED) is 0.474. The molecule has 0 saturated heterocycles. The molecular weight excluding hydrogens is 390 g/mol. The largest absolute Gasteiger partial charge is 0.456 e. The van der Waals surface area contributed by atoms with Crippen LogP contribution in [0.3, 0.4) is 0 Å². The fourth-order valence-electron chi connectivity index (χ4n) is 2.56. The van der Waals surface area contributed by atoms with Crippen LogP contribution in [0.25, 0.3) is 0 Å². The maximum absolute atomic E-state index is 12.6. The Hall–Kier alpha value is -2.54. The summed E-state index contributed by atoms with van der Waals surface area (Å²) in [4.78, 5) is 36.3. The first kappa shape index (κ1) is 22.7. The lowest BCUT2D eigenvalue weighted by molar-refractivity contribution is -0.109. The molecule has 0 aliphatic rings. The number of carbonyl (C=O) groups excluding carboxylic acids is 3. The van der Waals surface area contributed by atoms with Crippen molar-refractivity contribution in [2.45, 2.75) is 52.7 Å². The molecule has 0 spiro atoms. The Morgan fingerprint density at radius 1 is 1.07 bits per heavy atom. The van der Waals surface area contributed by atoms with Crippen molar-refractivity contribution >= 4 is 28.9 Å². The van der Waals surface area contributed by atoms with Gasteiger partial charge in [-0.1, -0.05) is 42.1 Å². The summed E-state index contributed by atoms with van der Waals surface area (Å²) in [5.41, 5.74) is 1.11. The second kappa shape index (κ2) is 10.3. The molecule has 2 aromatic rings. The van der Waals surface area contributed by atoms with Crippen LogP contribution in [-0.2, 0) is 27.3 Å². The van der Waals surface area contributed by atoms with Crippen molar-refractivity contribution in [1.29, 1.82) is 0 Å². The van der Waals surface area contributed by atoms with Gasteiger partial charge in [0, 0.05) is 18.9 Å². The molecule has 0 bridgehead atoms. The molecule has 0 fully saturated rings. The average Bonchev–Trinajstić information content (AvgIpc) is 3.07. The maximum atomic E-state index is 12.6. The Labute approximate surface area is 175 Å². The van der Waals surface area contributed by atoms with Gasteiger partial charge in [-0.25, -0.2) is 14.2 Å². The van der Waals surface area contributed by atoms with Crippen molar-refractivity contribution in [1.82, 2.24) is 4.57 Å². The molecular formula is C22H27NO5S. The molecule has 29 heavy (non-hydrogen) atoms. The summed E-state index contributed by atoms with van der Waals surface area (Å²) in [6.45, 7) is 6.94. The summed E-state index contributed by atoms with van der Waals surface area (Å²) >= 11 is 1.26. The molecule has 6 nitrogen and oxygen atoms in total. The topological polar surface area (TPSA) is 74.6 Å². The molecule has 0 unspecified atom stereocenters. The number of nitrogens with zero attached hydrogens (tertiary/aromatic N) is 1. The van der Waals surface area contributed by atoms with Crippen LogP contribution in [0.4, 0.5) is 4.79 Å². The summed E-state index contributed by atoms with van der Waals surface area (Å²) in [5, 5.41) is 0.0708. The molecule has 156 valence electrons. The standard InChI is InChI=1S/C22H27NO5S/c1-16(24)29-12-8-11-18-13-19(23(14-18)21(26)28-22(2,3)4)20(25)27-15-17-9-6-5-7-10-17/h5-7,9-10,13-14H,8,11-12,15H2,1-4H3. The SMILES string of the molecule is CC(=O)SCCCc1cc(C(=O)OCc2ccccc2)n(C(=O)OC(C)(C)C)c1. The third-order valence-corrected chi connectivity index (χ3v) is 4.70. The number of esters is 1. The average molecular weight is 418 g/mol. The van der Waals surface area contributed by atoms with E-state index >= 15 is 0 Å². The molecule has 0 aliphatic heterocycles. The minimum Gasteiger partial charge on any atom is -0.456 e. The van der Waals surface area contributed by atoms with E-state index in [1.807, 2.05) is 30.3 Å². The predicted molar refractivity (Wildman–Crippen MR) is 113 cm³/mol. The highest BCUT2D eigenvalue weighted by atomic mass is 32.2. The van der Waals surface area contributed by atoms with Gasteiger partial charge in [0.25, 0.3) is 0 Å². The maximum Gasteiger partial charge on any atom is 0.419 e. The zero-order chi connectivity index (χ0) is 21.4. The van der Waals surface area contributed by atoms with E-state index in [9.17, 15) is 14.4 Å². The summed E-state index contributed by atoms with van der Waals surface area (Å²) in [6.07, 6.45) is 2.36. The Kier molecular flexibility index (Phi) is 8.08. The van der Waals surface area contributed by atoms with Crippen molar-refractivity contribution in [3.63, 3.8) is 0 Å². The fourth-order valence-corrected chi connectivity index (χ4v) is 3.14. The van der Waals surface area contributed by atoms with Crippen LogP contribution in [0, 0.1) is 0 Å². The fraction of sp³-hybridized carbons (Fsp3) is 0.409. The monoisotopic (exact) mass is 417 g/mol. The van der Waals surface area contributed by atoms with Crippen molar-refractivity contribution < 1.29 is 23.9 Å². The highest BCUT2D eigenvalue weighted by Crippen LogP contribution is 2.18. The smallest absolute Gasteiger partial charge is 0.419 e. The van der Waals surface area contributed by atoms with Crippen molar-refractivity contribution in [2.75, 3.05) is 5.75 Å². The van der Waals surface area contributed by atoms with E-state index in [0.717, 1.165) is 17.5 Å². The van der Waals surface area contributed by atoms with Crippen LogP contribution in [-0.4, -0.2) is 33.1 Å². The lowest BCUT2D eigenvalue weighted by Gasteiger charge is -2.20. The zero-order valence-electron chi connectivity index (χ0n) is 17.3. The first-order valence-corrected chi connectivity index (χ1v) is 10.4. The lowest BCUT2D eigenvalue weighted by Crippen LogP contribution is -2.28. The van der Waals surface area contributed by atoms with E-state index < -0.39 is 17.7 Å². The van der Waals surface area contributed by atoms with Gasteiger partial charge in [-0.05, 0) is 50.8 Å². The first-order valence-electron chi connectivity index (χ1n) is 9.45. The van der Waals surface area contributed by atoms with Crippen LogP contribution in [0.2, 0.25) is 0 Å². The summed E-state index contributed by atoms with van der Waals surface area (Å²) < 4.78 is 12.0. The number of thioether (sulfide) groups is 1. The predicted octanol–water partition coefficient (Wildman–Crippen LogP) is 4.84. The van der Waals surface area contributed by atoms with E-state index in [0.29, 0.717) is 12.2 Å². The summed E-state index contributed by atoms with van der Waals surface area (Å²) in [7, 11) is 0. The Bertz CT molecular complexity index is 852. The number of rotatable bonds is 7. The molecule has 0 atom stereocenters.